The van der Waals surface area contributed by atoms with Crippen LogP contribution < -0.4 is 5.73 Å². The summed E-state index contributed by atoms with van der Waals surface area (Å²) in [5, 5.41) is 0.822. The minimum atomic E-state index is -0.619. The van der Waals surface area contributed by atoms with Crippen LogP contribution >= 0.6 is 0 Å². The quantitative estimate of drug-likeness (QED) is 0.606. The van der Waals surface area contributed by atoms with E-state index in [1.807, 2.05) is 48.5 Å². The topological polar surface area (TPSA) is 84.9 Å². The molecule has 0 saturated heterocycles. The molecule has 0 saturated carbocycles. The van der Waals surface area contributed by atoms with Gasteiger partial charge in [-0.25, -0.2) is 4.98 Å². The molecule has 112 valence electrons. The number of nitrogens with one attached hydrogen (secondary N) is 1. The smallest absolute Gasteiger partial charge is 0.285 e. The SMILES string of the molecule is NC(=O)c1oc2cccc(-c3ccccc3)c2c1-c1ncc[nH]1. The first-order valence-corrected chi connectivity index (χ1v) is 7.16. The Morgan fingerprint density at radius 1 is 1.09 bits per heavy atom. The summed E-state index contributed by atoms with van der Waals surface area (Å²) >= 11 is 0. The lowest BCUT2D eigenvalue weighted by Gasteiger charge is -2.05. The summed E-state index contributed by atoms with van der Waals surface area (Å²) in [6.45, 7) is 0. The van der Waals surface area contributed by atoms with Crippen molar-refractivity contribution in [3.63, 3.8) is 0 Å². The van der Waals surface area contributed by atoms with Gasteiger partial charge in [0.2, 0.25) is 5.76 Å². The van der Waals surface area contributed by atoms with Crippen molar-refractivity contribution in [2.75, 3.05) is 0 Å². The van der Waals surface area contributed by atoms with Crippen LogP contribution in [-0.2, 0) is 0 Å². The number of hydrogen-bond acceptors (Lipinski definition) is 3. The third-order valence-electron chi connectivity index (χ3n) is 3.76. The number of amides is 1. The summed E-state index contributed by atoms with van der Waals surface area (Å²) < 4.78 is 5.71. The molecule has 2 aromatic carbocycles. The molecule has 23 heavy (non-hydrogen) atoms. The van der Waals surface area contributed by atoms with Gasteiger partial charge in [-0.2, -0.15) is 0 Å². The maximum atomic E-state index is 11.8. The number of H-pyrrole nitrogens is 1. The molecule has 4 aromatic rings. The Kier molecular flexibility index (Phi) is 2.98. The molecule has 1 amide bonds. The van der Waals surface area contributed by atoms with E-state index < -0.39 is 5.91 Å². The van der Waals surface area contributed by atoms with Crippen molar-refractivity contribution < 1.29 is 9.21 Å². The fourth-order valence-corrected chi connectivity index (χ4v) is 2.81. The molecule has 4 rings (SSSR count). The number of aromatic nitrogens is 2. The molecule has 2 aromatic heterocycles. The van der Waals surface area contributed by atoms with Gasteiger partial charge in [-0.3, -0.25) is 4.79 Å². The zero-order valence-electron chi connectivity index (χ0n) is 12.1. The van der Waals surface area contributed by atoms with E-state index in [1.165, 1.54) is 0 Å². The van der Waals surface area contributed by atoms with Crippen molar-refractivity contribution in [2.45, 2.75) is 0 Å². The summed E-state index contributed by atoms with van der Waals surface area (Å²) in [6.07, 6.45) is 3.33. The van der Waals surface area contributed by atoms with Crippen LogP contribution in [0.2, 0.25) is 0 Å². The maximum absolute atomic E-state index is 11.8. The zero-order valence-corrected chi connectivity index (χ0v) is 12.1. The van der Waals surface area contributed by atoms with Crippen molar-refractivity contribution >= 4 is 16.9 Å². The van der Waals surface area contributed by atoms with Crippen LogP contribution in [0.5, 0.6) is 0 Å². The first-order chi connectivity index (χ1) is 11.3. The Balaban J connectivity index is 2.12. The van der Waals surface area contributed by atoms with Crippen molar-refractivity contribution in [3.05, 3.63) is 66.7 Å². The average molecular weight is 303 g/mol. The summed E-state index contributed by atoms with van der Waals surface area (Å²) in [5.41, 5.74) is 8.69. The predicted octanol–water partition coefficient (Wildman–Crippen LogP) is 3.59. The number of carbonyl (C=O) groups excluding carboxylic acids is 1. The first kappa shape index (κ1) is 13.3. The Bertz CT molecular complexity index is 986. The van der Waals surface area contributed by atoms with E-state index in [4.69, 9.17) is 10.2 Å². The van der Waals surface area contributed by atoms with Gasteiger partial charge in [0.05, 0.1) is 5.56 Å². The Labute approximate surface area is 131 Å². The Morgan fingerprint density at radius 3 is 2.61 bits per heavy atom. The largest absolute Gasteiger partial charge is 0.450 e. The number of benzene rings is 2. The van der Waals surface area contributed by atoms with E-state index in [0.29, 0.717) is 17.0 Å². The van der Waals surface area contributed by atoms with Crippen LogP contribution in [0.15, 0.2) is 65.3 Å². The highest BCUT2D eigenvalue weighted by molar-refractivity contribution is 6.11. The standard InChI is InChI=1S/C18H13N3O2/c19-17(22)16-15(18-20-9-10-21-18)14-12(7-4-8-13(14)23-16)11-5-2-1-3-6-11/h1-10H,(H2,19,22)(H,20,21). The number of rotatable bonds is 3. The third-order valence-corrected chi connectivity index (χ3v) is 3.76. The number of aromatic amines is 1. The van der Waals surface area contributed by atoms with E-state index in [9.17, 15) is 4.79 Å². The number of nitrogens with two attached hydrogens (primary N) is 1. The van der Waals surface area contributed by atoms with Gasteiger partial charge in [-0.1, -0.05) is 42.5 Å². The normalized spacial score (nSPS) is 11.0. The van der Waals surface area contributed by atoms with Crippen LogP contribution in [0.1, 0.15) is 10.6 Å². The molecule has 0 aliphatic carbocycles. The molecule has 0 spiro atoms. The fraction of sp³-hybridized carbons (Fsp3) is 0. The van der Waals surface area contributed by atoms with Crippen molar-refractivity contribution in [2.24, 2.45) is 5.73 Å². The molecule has 0 bridgehead atoms. The van der Waals surface area contributed by atoms with Gasteiger partial charge >= 0.3 is 0 Å². The molecule has 3 N–H and O–H groups in total. The van der Waals surface area contributed by atoms with Crippen LogP contribution in [-0.4, -0.2) is 15.9 Å². The molecule has 5 heteroatoms. The molecular formula is C18H13N3O2. The summed E-state index contributed by atoms with van der Waals surface area (Å²) in [6, 6.07) is 15.6. The van der Waals surface area contributed by atoms with E-state index in [-0.39, 0.29) is 5.76 Å². The molecule has 0 atom stereocenters. The van der Waals surface area contributed by atoms with Crippen LogP contribution in [0.4, 0.5) is 0 Å². The van der Waals surface area contributed by atoms with E-state index in [1.54, 1.807) is 12.4 Å². The minimum absolute atomic E-state index is 0.110. The van der Waals surface area contributed by atoms with E-state index >= 15 is 0 Å². The molecule has 0 fully saturated rings. The lowest BCUT2D eigenvalue weighted by Crippen LogP contribution is -2.11. The first-order valence-electron chi connectivity index (χ1n) is 7.16. The number of fused-ring (bicyclic) bond motifs is 1. The van der Waals surface area contributed by atoms with Gasteiger partial charge in [-0.15, -0.1) is 0 Å². The molecule has 0 aliphatic heterocycles. The molecule has 2 heterocycles. The Hall–Kier alpha value is -3.34. The van der Waals surface area contributed by atoms with Crippen LogP contribution in [0.25, 0.3) is 33.5 Å². The molecule has 5 nitrogen and oxygen atoms in total. The molecule has 0 radical (unpaired) electrons. The summed E-state index contributed by atoms with van der Waals surface area (Å²) in [7, 11) is 0. The van der Waals surface area contributed by atoms with Gasteiger partial charge in [0, 0.05) is 17.8 Å². The van der Waals surface area contributed by atoms with Crippen molar-refractivity contribution in [1.82, 2.24) is 9.97 Å². The van der Waals surface area contributed by atoms with Gasteiger partial charge in [0.25, 0.3) is 5.91 Å². The monoisotopic (exact) mass is 303 g/mol. The lowest BCUT2D eigenvalue weighted by atomic mass is 9.98. The van der Waals surface area contributed by atoms with Gasteiger partial charge in [-0.05, 0) is 17.2 Å². The third kappa shape index (κ3) is 2.10. The van der Waals surface area contributed by atoms with Crippen molar-refractivity contribution in [3.8, 4) is 22.5 Å². The molecule has 0 unspecified atom stereocenters. The number of nitrogens with zero attached hydrogens (tertiary/aromatic N) is 1. The maximum Gasteiger partial charge on any atom is 0.285 e. The summed E-state index contributed by atoms with van der Waals surface area (Å²) in [5.74, 6) is 0.0471. The number of furan rings is 1. The number of hydrogen-bond donors (Lipinski definition) is 2. The van der Waals surface area contributed by atoms with Gasteiger partial charge in [0.1, 0.15) is 11.4 Å². The van der Waals surface area contributed by atoms with E-state index in [0.717, 1.165) is 16.5 Å². The minimum Gasteiger partial charge on any atom is -0.450 e. The Morgan fingerprint density at radius 2 is 1.91 bits per heavy atom. The van der Waals surface area contributed by atoms with Gasteiger partial charge in [0.15, 0.2) is 0 Å². The number of imidazole rings is 1. The van der Waals surface area contributed by atoms with E-state index in [2.05, 4.69) is 9.97 Å². The highest BCUT2D eigenvalue weighted by Gasteiger charge is 2.23. The van der Waals surface area contributed by atoms with Crippen LogP contribution in [0, 0.1) is 0 Å². The highest BCUT2D eigenvalue weighted by atomic mass is 16.3. The molecule has 0 aliphatic rings. The lowest BCUT2D eigenvalue weighted by molar-refractivity contribution is 0.0977. The predicted molar refractivity (Wildman–Crippen MR) is 87.7 cm³/mol. The molecular weight excluding hydrogens is 290 g/mol. The second-order valence-corrected chi connectivity index (χ2v) is 5.15. The number of primary amides is 1. The summed E-state index contributed by atoms with van der Waals surface area (Å²) in [4.78, 5) is 19.1. The average Bonchev–Trinajstić information content (AvgIpc) is 3.22. The fourth-order valence-electron chi connectivity index (χ4n) is 2.81. The van der Waals surface area contributed by atoms with Gasteiger partial charge < -0.3 is 15.1 Å². The van der Waals surface area contributed by atoms with Crippen molar-refractivity contribution in [1.29, 1.82) is 0 Å². The van der Waals surface area contributed by atoms with Crippen LogP contribution in [0.3, 0.4) is 0 Å². The second-order valence-electron chi connectivity index (χ2n) is 5.15. The second kappa shape index (κ2) is 5.14. The zero-order chi connectivity index (χ0) is 15.8. The highest BCUT2D eigenvalue weighted by Crippen LogP contribution is 2.39. The number of carbonyl (C=O) groups is 1.